The molecule has 1 fully saturated rings. The van der Waals surface area contributed by atoms with Gasteiger partial charge in [-0.2, -0.15) is 4.31 Å². The van der Waals surface area contributed by atoms with Crippen molar-refractivity contribution in [3.63, 3.8) is 0 Å². The van der Waals surface area contributed by atoms with Gasteiger partial charge in [0.05, 0.1) is 4.90 Å². The van der Waals surface area contributed by atoms with E-state index in [-0.39, 0.29) is 0 Å². The first-order valence-electron chi connectivity index (χ1n) is 9.09. The number of carboxylic acid groups (broad SMARTS) is 2. The summed E-state index contributed by atoms with van der Waals surface area (Å²) in [4.78, 5) is 20.8. The second-order valence-corrected chi connectivity index (χ2v) is 9.11. The van der Waals surface area contributed by atoms with Gasteiger partial charge in [0.2, 0.25) is 10.0 Å². The Balaban J connectivity index is 0.000000469. The number of aliphatic carboxylic acids is 2. The van der Waals surface area contributed by atoms with E-state index < -0.39 is 22.0 Å². The Bertz CT molecular complexity index is 975. The van der Waals surface area contributed by atoms with Gasteiger partial charge in [-0.05, 0) is 36.8 Å². The molecule has 0 radical (unpaired) electrons. The van der Waals surface area contributed by atoms with Crippen molar-refractivity contribution in [3.05, 3.63) is 64.7 Å². The zero-order valence-electron chi connectivity index (χ0n) is 16.4. The van der Waals surface area contributed by atoms with Crippen LogP contribution < -0.4 is 0 Å². The first-order valence-corrected chi connectivity index (χ1v) is 10.9. The SMILES string of the molecule is Cc1cccc(CN2CCN(S(=O)(=O)c3ccc(Cl)cc3)CC2)c1.O=C(O)C(=O)O. The lowest BCUT2D eigenvalue weighted by atomic mass is 10.1. The van der Waals surface area contributed by atoms with Gasteiger partial charge in [-0.3, -0.25) is 4.90 Å². The van der Waals surface area contributed by atoms with Crippen molar-refractivity contribution < 1.29 is 28.2 Å². The molecule has 2 N–H and O–H groups in total. The molecule has 0 saturated carbocycles. The monoisotopic (exact) mass is 454 g/mol. The Morgan fingerprint density at radius 1 is 0.967 bits per heavy atom. The molecule has 1 aliphatic rings. The van der Waals surface area contributed by atoms with Gasteiger partial charge in [0.25, 0.3) is 0 Å². The van der Waals surface area contributed by atoms with Gasteiger partial charge in [0.15, 0.2) is 0 Å². The van der Waals surface area contributed by atoms with E-state index in [9.17, 15) is 8.42 Å². The van der Waals surface area contributed by atoms with E-state index in [4.69, 9.17) is 31.4 Å². The van der Waals surface area contributed by atoms with Gasteiger partial charge in [0.1, 0.15) is 0 Å². The molecular weight excluding hydrogens is 432 g/mol. The van der Waals surface area contributed by atoms with E-state index in [2.05, 4.69) is 36.1 Å². The molecule has 162 valence electrons. The van der Waals surface area contributed by atoms with E-state index in [1.54, 1.807) is 28.6 Å². The van der Waals surface area contributed by atoms with Gasteiger partial charge in [-0.25, -0.2) is 18.0 Å². The maximum Gasteiger partial charge on any atom is 0.414 e. The molecule has 3 rings (SSSR count). The second kappa shape index (κ2) is 10.5. The number of nitrogens with zero attached hydrogens (tertiary/aromatic N) is 2. The van der Waals surface area contributed by atoms with Gasteiger partial charge in [-0.1, -0.05) is 41.4 Å². The smallest absolute Gasteiger partial charge is 0.414 e. The first-order chi connectivity index (χ1) is 14.1. The normalized spacial score (nSPS) is 15.1. The lowest BCUT2D eigenvalue weighted by Crippen LogP contribution is -2.48. The van der Waals surface area contributed by atoms with Gasteiger partial charge in [-0.15, -0.1) is 0 Å². The van der Waals surface area contributed by atoms with E-state index in [1.807, 2.05) is 0 Å². The molecule has 1 saturated heterocycles. The highest BCUT2D eigenvalue weighted by molar-refractivity contribution is 7.89. The number of aryl methyl sites for hydroxylation is 1. The summed E-state index contributed by atoms with van der Waals surface area (Å²) in [7, 11) is -3.43. The van der Waals surface area contributed by atoms with Gasteiger partial charge >= 0.3 is 11.9 Å². The predicted octanol–water partition coefficient (Wildman–Crippen LogP) is 2.31. The second-order valence-electron chi connectivity index (χ2n) is 6.73. The number of carbonyl (C=O) groups is 2. The Kier molecular flexibility index (Phi) is 8.36. The zero-order chi connectivity index (χ0) is 22.3. The van der Waals surface area contributed by atoms with Gasteiger partial charge in [0, 0.05) is 37.7 Å². The molecule has 8 nitrogen and oxygen atoms in total. The Morgan fingerprint density at radius 3 is 2.03 bits per heavy atom. The molecule has 0 unspecified atom stereocenters. The van der Waals surface area contributed by atoms with Crippen molar-refractivity contribution in [2.24, 2.45) is 0 Å². The summed E-state index contributed by atoms with van der Waals surface area (Å²) in [5.74, 6) is -3.65. The summed E-state index contributed by atoms with van der Waals surface area (Å²) in [6.07, 6.45) is 0. The molecule has 0 amide bonds. The number of piperazine rings is 1. The Hall–Kier alpha value is -2.46. The number of hydrogen-bond donors (Lipinski definition) is 2. The molecule has 10 heteroatoms. The lowest BCUT2D eigenvalue weighted by molar-refractivity contribution is -0.159. The molecule has 0 aromatic heterocycles. The minimum absolute atomic E-state index is 0.305. The summed E-state index contributed by atoms with van der Waals surface area (Å²) < 4.78 is 26.9. The van der Waals surface area contributed by atoms with Crippen LogP contribution in [0.5, 0.6) is 0 Å². The standard InChI is InChI=1S/C18H21ClN2O2S.C2H2O4/c1-15-3-2-4-16(13-15)14-20-9-11-21(12-10-20)24(22,23)18-7-5-17(19)6-8-18;3-1(4)2(5)6/h2-8,13H,9-12,14H2,1H3;(H,3,4)(H,5,6). The average molecular weight is 455 g/mol. The fourth-order valence-corrected chi connectivity index (χ4v) is 4.50. The fourth-order valence-electron chi connectivity index (χ4n) is 2.95. The van der Waals surface area contributed by atoms with Crippen LogP contribution in [-0.4, -0.2) is 66.0 Å². The largest absolute Gasteiger partial charge is 0.473 e. The molecule has 0 atom stereocenters. The summed E-state index contributed by atoms with van der Waals surface area (Å²) in [5.41, 5.74) is 2.51. The van der Waals surface area contributed by atoms with Crippen molar-refractivity contribution in [1.29, 1.82) is 0 Å². The van der Waals surface area contributed by atoms with Crippen LogP contribution in [-0.2, 0) is 26.2 Å². The molecule has 0 aliphatic carbocycles. The number of benzene rings is 2. The van der Waals surface area contributed by atoms with E-state index in [0.29, 0.717) is 23.0 Å². The molecule has 1 aliphatic heterocycles. The number of sulfonamides is 1. The molecule has 30 heavy (non-hydrogen) atoms. The third kappa shape index (κ3) is 6.81. The third-order valence-corrected chi connectivity index (χ3v) is 6.62. The molecule has 2 aromatic carbocycles. The zero-order valence-corrected chi connectivity index (χ0v) is 17.9. The summed E-state index contributed by atoms with van der Waals surface area (Å²) in [6.45, 7) is 5.44. The molecule has 1 heterocycles. The molecule has 0 spiro atoms. The lowest BCUT2D eigenvalue weighted by Gasteiger charge is -2.34. The van der Waals surface area contributed by atoms with Crippen molar-refractivity contribution in [1.82, 2.24) is 9.21 Å². The van der Waals surface area contributed by atoms with Crippen LogP contribution in [0.4, 0.5) is 0 Å². The van der Waals surface area contributed by atoms with Crippen LogP contribution in [0, 0.1) is 6.92 Å². The van der Waals surface area contributed by atoms with Crippen molar-refractivity contribution in [3.8, 4) is 0 Å². The third-order valence-electron chi connectivity index (χ3n) is 4.45. The summed E-state index contributed by atoms with van der Waals surface area (Å²) in [5, 5.41) is 15.3. The highest BCUT2D eigenvalue weighted by Crippen LogP contribution is 2.20. The fraction of sp³-hybridized carbons (Fsp3) is 0.300. The topological polar surface area (TPSA) is 115 Å². The maximum absolute atomic E-state index is 12.7. The van der Waals surface area contributed by atoms with Crippen LogP contribution >= 0.6 is 11.6 Å². The van der Waals surface area contributed by atoms with Crippen LogP contribution in [0.25, 0.3) is 0 Å². The number of hydrogen-bond acceptors (Lipinski definition) is 5. The van der Waals surface area contributed by atoms with E-state index in [0.717, 1.165) is 19.6 Å². The highest BCUT2D eigenvalue weighted by atomic mass is 35.5. The Labute approximate surface area is 180 Å². The van der Waals surface area contributed by atoms with E-state index >= 15 is 0 Å². The number of carboxylic acids is 2. The van der Waals surface area contributed by atoms with Crippen LogP contribution in [0.1, 0.15) is 11.1 Å². The van der Waals surface area contributed by atoms with Gasteiger partial charge < -0.3 is 10.2 Å². The molecular formula is C20H23ClN2O6S. The van der Waals surface area contributed by atoms with Crippen molar-refractivity contribution in [2.45, 2.75) is 18.4 Å². The highest BCUT2D eigenvalue weighted by Gasteiger charge is 2.28. The quantitative estimate of drug-likeness (QED) is 0.681. The van der Waals surface area contributed by atoms with Crippen molar-refractivity contribution >= 4 is 33.6 Å². The minimum atomic E-state index is -3.43. The number of halogens is 1. The van der Waals surface area contributed by atoms with Crippen LogP contribution in [0.3, 0.4) is 0 Å². The molecule has 2 aromatic rings. The van der Waals surface area contributed by atoms with Crippen LogP contribution in [0.2, 0.25) is 5.02 Å². The summed E-state index contributed by atoms with van der Waals surface area (Å²) >= 11 is 5.84. The summed E-state index contributed by atoms with van der Waals surface area (Å²) in [6, 6.07) is 14.8. The average Bonchev–Trinajstić information content (AvgIpc) is 2.69. The number of rotatable bonds is 4. The Morgan fingerprint density at radius 2 is 1.53 bits per heavy atom. The predicted molar refractivity (Wildman–Crippen MR) is 112 cm³/mol. The maximum atomic E-state index is 12.7. The molecule has 0 bridgehead atoms. The first kappa shape index (κ1) is 23.8. The minimum Gasteiger partial charge on any atom is -0.473 e. The van der Waals surface area contributed by atoms with Crippen molar-refractivity contribution in [2.75, 3.05) is 26.2 Å². The van der Waals surface area contributed by atoms with Crippen LogP contribution in [0.15, 0.2) is 53.4 Å². The van der Waals surface area contributed by atoms with E-state index in [1.165, 1.54) is 11.1 Å².